The average Bonchev–Trinajstić information content (AvgIpc) is 2.30. The molecule has 0 unspecified atom stereocenters. The van der Waals surface area contributed by atoms with Crippen LogP contribution >= 0.6 is 0 Å². The van der Waals surface area contributed by atoms with Crippen molar-refractivity contribution in [3.63, 3.8) is 0 Å². The zero-order valence-electron chi connectivity index (χ0n) is 7.74. The summed E-state index contributed by atoms with van der Waals surface area (Å²) in [5, 5.41) is 0. The van der Waals surface area contributed by atoms with Crippen LogP contribution in [0.15, 0.2) is 0 Å². The number of ether oxygens (including phenoxy) is 2. The van der Waals surface area contributed by atoms with Gasteiger partial charge in [0, 0.05) is 7.05 Å². The van der Waals surface area contributed by atoms with Gasteiger partial charge < -0.3 is 14.4 Å². The molecule has 0 saturated carbocycles. The van der Waals surface area contributed by atoms with Crippen molar-refractivity contribution in [1.29, 1.82) is 0 Å². The first-order chi connectivity index (χ1) is 5.61. The summed E-state index contributed by atoms with van der Waals surface area (Å²) in [6.07, 6.45) is -0.0542. The Morgan fingerprint density at radius 3 is 2.83 bits per heavy atom. The highest BCUT2D eigenvalue weighted by Gasteiger charge is 2.29. The van der Waals surface area contributed by atoms with E-state index in [1.165, 1.54) is 0 Å². The predicted molar refractivity (Wildman–Crippen MR) is 44.0 cm³/mol. The van der Waals surface area contributed by atoms with Gasteiger partial charge in [0.15, 0.2) is 0 Å². The number of nitrogens with zero attached hydrogens (tertiary/aromatic N) is 1. The van der Waals surface area contributed by atoms with Gasteiger partial charge in [0.2, 0.25) is 0 Å². The molecule has 0 N–H and O–H groups in total. The molecule has 1 heterocycles. The fraction of sp³-hybridized carbons (Fsp3) is 0.875. The standard InChI is InChI=1S/C8H15NO3/c1-6(2)11-4-7-5-12-8(10)9(7)3/h6-7H,4-5H2,1-3H3/t7-/m0/s1. The van der Waals surface area contributed by atoms with Crippen LogP contribution in [0, 0.1) is 0 Å². The van der Waals surface area contributed by atoms with E-state index < -0.39 is 0 Å². The molecule has 4 nitrogen and oxygen atoms in total. The second-order valence-corrected chi connectivity index (χ2v) is 3.22. The van der Waals surface area contributed by atoms with E-state index in [0.717, 1.165) is 0 Å². The molecule has 0 aromatic rings. The lowest BCUT2D eigenvalue weighted by atomic mass is 10.3. The summed E-state index contributed by atoms with van der Waals surface area (Å²) in [5.74, 6) is 0. The van der Waals surface area contributed by atoms with Crippen molar-refractivity contribution in [2.45, 2.75) is 26.0 Å². The molecule has 0 bridgehead atoms. The molecule has 0 radical (unpaired) electrons. The van der Waals surface area contributed by atoms with Crippen LogP contribution in [0.5, 0.6) is 0 Å². The summed E-state index contributed by atoms with van der Waals surface area (Å²) < 4.78 is 10.2. The lowest BCUT2D eigenvalue weighted by molar-refractivity contribution is 0.0477. The minimum atomic E-state index is -0.257. The molecule has 1 amide bonds. The third-order valence-electron chi connectivity index (χ3n) is 1.86. The molecule has 0 spiro atoms. The normalized spacial score (nSPS) is 23.5. The highest BCUT2D eigenvalue weighted by Crippen LogP contribution is 2.10. The van der Waals surface area contributed by atoms with E-state index in [0.29, 0.717) is 13.2 Å². The fourth-order valence-corrected chi connectivity index (χ4v) is 0.994. The van der Waals surface area contributed by atoms with E-state index in [-0.39, 0.29) is 18.2 Å². The van der Waals surface area contributed by atoms with E-state index in [9.17, 15) is 4.79 Å². The van der Waals surface area contributed by atoms with Crippen LogP contribution in [0.2, 0.25) is 0 Å². The molecule has 1 aliphatic rings. The topological polar surface area (TPSA) is 38.8 Å². The number of carbonyl (C=O) groups is 1. The number of cyclic esters (lactones) is 1. The Morgan fingerprint density at radius 1 is 1.75 bits per heavy atom. The minimum absolute atomic E-state index is 0.0832. The molecular formula is C8H15NO3. The van der Waals surface area contributed by atoms with Crippen LogP contribution in [0.4, 0.5) is 4.79 Å². The molecule has 0 aromatic carbocycles. The molecule has 70 valence electrons. The van der Waals surface area contributed by atoms with Crippen LogP contribution in [0.1, 0.15) is 13.8 Å². The van der Waals surface area contributed by atoms with E-state index in [2.05, 4.69) is 0 Å². The number of likely N-dealkylation sites (N-methyl/N-ethyl adjacent to an activating group) is 1. The third-order valence-corrected chi connectivity index (χ3v) is 1.86. The second-order valence-electron chi connectivity index (χ2n) is 3.22. The van der Waals surface area contributed by atoms with Crippen molar-refractivity contribution in [3.8, 4) is 0 Å². The Kier molecular flexibility index (Phi) is 2.92. The van der Waals surface area contributed by atoms with Crippen molar-refractivity contribution in [2.75, 3.05) is 20.3 Å². The number of hydrogen-bond donors (Lipinski definition) is 0. The van der Waals surface area contributed by atoms with Crippen LogP contribution in [-0.2, 0) is 9.47 Å². The van der Waals surface area contributed by atoms with Gasteiger partial charge in [-0.2, -0.15) is 0 Å². The van der Waals surface area contributed by atoms with E-state index >= 15 is 0 Å². The molecule has 1 fully saturated rings. The van der Waals surface area contributed by atoms with Gasteiger partial charge in [0.25, 0.3) is 0 Å². The molecule has 0 aliphatic carbocycles. The maximum Gasteiger partial charge on any atom is 0.410 e. The van der Waals surface area contributed by atoms with Gasteiger partial charge in [-0.05, 0) is 13.8 Å². The first-order valence-electron chi connectivity index (χ1n) is 4.12. The number of carbonyl (C=O) groups excluding carboxylic acids is 1. The van der Waals surface area contributed by atoms with Crippen molar-refractivity contribution < 1.29 is 14.3 Å². The Labute approximate surface area is 72.4 Å². The molecule has 1 atom stereocenters. The molecule has 12 heavy (non-hydrogen) atoms. The Bertz CT molecular complexity index is 170. The lowest BCUT2D eigenvalue weighted by Crippen LogP contribution is -2.34. The average molecular weight is 173 g/mol. The number of amides is 1. The largest absolute Gasteiger partial charge is 0.447 e. The highest BCUT2D eigenvalue weighted by atomic mass is 16.6. The molecule has 1 rings (SSSR count). The zero-order valence-corrected chi connectivity index (χ0v) is 7.74. The van der Waals surface area contributed by atoms with Crippen molar-refractivity contribution >= 4 is 6.09 Å². The van der Waals surface area contributed by atoms with E-state index in [1.54, 1.807) is 11.9 Å². The molecule has 4 heteroatoms. The van der Waals surface area contributed by atoms with Gasteiger partial charge in [-0.1, -0.05) is 0 Å². The van der Waals surface area contributed by atoms with Crippen LogP contribution in [0.3, 0.4) is 0 Å². The zero-order chi connectivity index (χ0) is 9.14. The van der Waals surface area contributed by atoms with Gasteiger partial charge in [-0.3, -0.25) is 0 Å². The summed E-state index contributed by atoms with van der Waals surface area (Å²) in [6.45, 7) is 4.94. The van der Waals surface area contributed by atoms with Gasteiger partial charge >= 0.3 is 6.09 Å². The molecule has 1 saturated heterocycles. The maximum atomic E-state index is 10.9. The quantitative estimate of drug-likeness (QED) is 0.635. The summed E-state index contributed by atoms with van der Waals surface area (Å²) in [7, 11) is 1.73. The summed E-state index contributed by atoms with van der Waals surface area (Å²) in [6, 6.07) is 0.0832. The van der Waals surface area contributed by atoms with Gasteiger partial charge in [-0.15, -0.1) is 0 Å². The summed E-state index contributed by atoms with van der Waals surface area (Å²) in [4.78, 5) is 12.4. The number of hydrogen-bond acceptors (Lipinski definition) is 3. The Balaban J connectivity index is 2.29. The van der Waals surface area contributed by atoms with Crippen molar-refractivity contribution in [1.82, 2.24) is 4.90 Å². The lowest BCUT2D eigenvalue weighted by Gasteiger charge is -2.17. The van der Waals surface area contributed by atoms with Crippen LogP contribution in [0.25, 0.3) is 0 Å². The minimum Gasteiger partial charge on any atom is -0.447 e. The summed E-state index contributed by atoms with van der Waals surface area (Å²) >= 11 is 0. The Morgan fingerprint density at radius 2 is 2.42 bits per heavy atom. The molecular weight excluding hydrogens is 158 g/mol. The monoisotopic (exact) mass is 173 g/mol. The Hall–Kier alpha value is -0.770. The molecule has 0 aromatic heterocycles. The van der Waals surface area contributed by atoms with Gasteiger partial charge in [0.1, 0.15) is 6.61 Å². The third kappa shape index (κ3) is 2.11. The highest BCUT2D eigenvalue weighted by molar-refractivity contribution is 5.69. The van der Waals surface area contributed by atoms with Crippen molar-refractivity contribution in [3.05, 3.63) is 0 Å². The van der Waals surface area contributed by atoms with Gasteiger partial charge in [-0.25, -0.2) is 4.79 Å². The van der Waals surface area contributed by atoms with Crippen LogP contribution < -0.4 is 0 Å². The van der Waals surface area contributed by atoms with Crippen LogP contribution in [-0.4, -0.2) is 43.4 Å². The first kappa shape index (κ1) is 9.32. The summed E-state index contributed by atoms with van der Waals surface area (Å²) in [5.41, 5.74) is 0. The van der Waals surface area contributed by atoms with E-state index in [4.69, 9.17) is 9.47 Å². The predicted octanol–water partition coefficient (Wildman–Crippen LogP) is 0.862. The van der Waals surface area contributed by atoms with E-state index in [1.807, 2.05) is 13.8 Å². The molecule has 1 aliphatic heterocycles. The first-order valence-corrected chi connectivity index (χ1v) is 4.12. The second kappa shape index (κ2) is 3.76. The number of rotatable bonds is 3. The van der Waals surface area contributed by atoms with Gasteiger partial charge in [0.05, 0.1) is 18.8 Å². The fourth-order valence-electron chi connectivity index (χ4n) is 0.994. The smallest absolute Gasteiger partial charge is 0.410 e. The SMILES string of the molecule is CC(C)OC[C@H]1COC(=O)N1C. The maximum absolute atomic E-state index is 10.9. The van der Waals surface area contributed by atoms with Crippen molar-refractivity contribution in [2.24, 2.45) is 0 Å².